The monoisotopic (exact) mass is 346 g/mol. The number of carboxylic acids is 1. The molecule has 1 aromatic carbocycles. The summed E-state index contributed by atoms with van der Waals surface area (Å²) >= 11 is 0. The molecule has 0 bridgehead atoms. The second-order valence-corrected chi connectivity index (χ2v) is 5.87. The number of carboxylic acid groups (broad SMARTS) is 1. The van der Waals surface area contributed by atoms with Crippen LogP contribution in [0.25, 0.3) is 0 Å². The van der Waals surface area contributed by atoms with Gasteiger partial charge in [0.15, 0.2) is 0 Å². The zero-order chi connectivity index (χ0) is 18.7. The van der Waals surface area contributed by atoms with Crippen molar-refractivity contribution in [1.82, 2.24) is 5.32 Å². The lowest BCUT2D eigenvalue weighted by Crippen LogP contribution is -2.41. The standard InChI is InChI=1S/C19H26N2O4/c1-3-4-5-6-7-8-13-17(19(24)25)21-18(23)15-11-9-10-12-16(15)20-14(2)22/h3,9-12,17H,1,4-8,13H2,2H3,(H,20,22)(H,21,23)(H,24,25)/t17-/m0/s1. The Kier molecular flexibility index (Phi) is 9.00. The maximum Gasteiger partial charge on any atom is 0.326 e. The van der Waals surface area contributed by atoms with Crippen molar-refractivity contribution in [3.8, 4) is 0 Å². The van der Waals surface area contributed by atoms with Crippen molar-refractivity contribution in [3.63, 3.8) is 0 Å². The topological polar surface area (TPSA) is 95.5 Å². The number of carbonyl (C=O) groups is 3. The number of amides is 2. The third-order valence-corrected chi connectivity index (χ3v) is 3.74. The molecule has 1 atom stereocenters. The van der Waals surface area contributed by atoms with Gasteiger partial charge in [-0.15, -0.1) is 6.58 Å². The Morgan fingerprint density at radius 3 is 2.48 bits per heavy atom. The van der Waals surface area contributed by atoms with E-state index in [1.54, 1.807) is 24.3 Å². The number of carbonyl (C=O) groups excluding carboxylic acids is 2. The fraction of sp³-hybridized carbons (Fsp3) is 0.421. The fourth-order valence-electron chi connectivity index (χ4n) is 2.46. The van der Waals surface area contributed by atoms with Gasteiger partial charge in [-0.25, -0.2) is 4.79 Å². The molecule has 0 aliphatic carbocycles. The number of allylic oxidation sites excluding steroid dienone is 1. The maximum atomic E-state index is 12.4. The van der Waals surface area contributed by atoms with E-state index >= 15 is 0 Å². The minimum atomic E-state index is -1.06. The predicted molar refractivity (Wildman–Crippen MR) is 97.5 cm³/mol. The number of hydrogen-bond donors (Lipinski definition) is 3. The van der Waals surface area contributed by atoms with Crippen LogP contribution in [0.3, 0.4) is 0 Å². The predicted octanol–water partition coefficient (Wildman–Crippen LogP) is 3.35. The van der Waals surface area contributed by atoms with E-state index in [0.717, 1.165) is 32.1 Å². The number of nitrogens with one attached hydrogen (secondary N) is 2. The first-order valence-electron chi connectivity index (χ1n) is 8.47. The molecule has 2 amide bonds. The van der Waals surface area contributed by atoms with Crippen LogP contribution >= 0.6 is 0 Å². The van der Waals surface area contributed by atoms with Crippen molar-refractivity contribution in [1.29, 1.82) is 0 Å². The second kappa shape index (κ2) is 11.0. The third kappa shape index (κ3) is 7.65. The van der Waals surface area contributed by atoms with Gasteiger partial charge in [-0.05, 0) is 31.4 Å². The van der Waals surface area contributed by atoms with Crippen LogP contribution in [0, 0.1) is 0 Å². The number of unbranched alkanes of at least 4 members (excludes halogenated alkanes) is 4. The Hall–Kier alpha value is -2.63. The molecule has 0 saturated carbocycles. The van der Waals surface area contributed by atoms with Gasteiger partial charge in [0.1, 0.15) is 6.04 Å². The van der Waals surface area contributed by atoms with Gasteiger partial charge < -0.3 is 15.7 Å². The normalized spacial score (nSPS) is 11.4. The first kappa shape index (κ1) is 20.4. The van der Waals surface area contributed by atoms with E-state index < -0.39 is 17.9 Å². The molecule has 0 unspecified atom stereocenters. The highest BCUT2D eigenvalue weighted by molar-refractivity contribution is 6.04. The van der Waals surface area contributed by atoms with E-state index in [-0.39, 0.29) is 11.5 Å². The van der Waals surface area contributed by atoms with Crippen molar-refractivity contribution in [2.24, 2.45) is 0 Å². The second-order valence-electron chi connectivity index (χ2n) is 5.87. The van der Waals surface area contributed by atoms with Crippen LogP contribution in [0.5, 0.6) is 0 Å². The summed E-state index contributed by atoms with van der Waals surface area (Å²) in [5, 5.41) is 14.4. The Bertz CT molecular complexity index is 613. The minimum Gasteiger partial charge on any atom is -0.480 e. The highest BCUT2D eigenvalue weighted by atomic mass is 16.4. The van der Waals surface area contributed by atoms with Crippen molar-refractivity contribution >= 4 is 23.5 Å². The van der Waals surface area contributed by atoms with Crippen LogP contribution in [0.4, 0.5) is 5.69 Å². The summed E-state index contributed by atoms with van der Waals surface area (Å²) < 4.78 is 0. The Labute approximate surface area is 148 Å². The molecule has 6 heteroatoms. The van der Waals surface area contributed by atoms with E-state index in [0.29, 0.717) is 12.1 Å². The molecule has 1 aromatic rings. The van der Waals surface area contributed by atoms with Crippen LogP contribution in [-0.4, -0.2) is 28.9 Å². The van der Waals surface area contributed by atoms with Crippen LogP contribution < -0.4 is 10.6 Å². The van der Waals surface area contributed by atoms with Crippen LogP contribution in [0.15, 0.2) is 36.9 Å². The number of benzene rings is 1. The molecule has 0 aliphatic heterocycles. The summed E-state index contributed by atoms with van der Waals surface area (Å²) in [6.07, 6.45) is 6.89. The quantitative estimate of drug-likeness (QED) is 0.423. The highest BCUT2D eigenvalue weighted by Gasteiger charge is 2.21. The molecule has 3 N–H and O–H groups in total. The number of anilines is 1. The average Bonchev–Trinajstić information content (AvgIpc) is 2.56. The molecule has 0 aliphatic rings. The summed E-state index contributed by atoms with van der Waals surface area (Å²) in [6.45, 7) is 5.01. The van der Waals surface area contributed by atoms with Gasteiger partial charge in [0.25, 0.3) is 5.91 Å². The average molecular weight is 346 g/mol. The molecular weight excluding hydrogens is 320 g/mol. The smallest absolute Gasteiger partial charge is 0.326 e. The maximum absolute atomic E-state index is 12.4. The molecule has 0 aromatic heterocycles. The molecule has 136 valence electrons. The van der Waals surface area contributed by atoms with Crippen LogP contribution in [0.2, 0.25) is 0 Å². The molecule has 1 rings (SSSR count). The fourth-order valence-corrected chi connectivity index (χ4v) is 2.46. The van der Waals surface area contributed by atoms with Crippen LogP contribution in [0.1, 0.15) is 55.8 Å². The SMILES string of the molecule is C=CCCCCCC[C@H](NC(=O)c1ccccc1NC(C)=O)C(=O)O. The van der Waals surface area contributed by atoms with Crippen molar-refractivity contribution in [3.05, 3.63) is 42.5 Å². The van der Waals surface area contributed by atoms with Gasteiger partial charge in [-0.2, -0.15) is 0 Å². The van der Waals surface area contributed by atoms with Crippen molar-refractivity contribution < 1.29 is 19.5 Å². The van der Waals surface area contributed by atoms with Gasteiger partial charge >= 0.3 is 5.97 Å². The van der Waals surface area contributed by atoms with Gasteiger partial charge in [0, 0.05) is 6.92 Å². The van der Waals surface area contributed by atoms with Gasteiger partial charge in [0.2, 0.25) is 5.91 Å². The highest BCUT2D eigenvalue weighted by Crippen LogP contribution is 2.16. The molecule has 0 radical (unpaired) electrons. The summed E-state index contributed by atoms with van der Waals surface area (Å²) in [5.74, 6) is -1.87. The van der Waals surface area contributed by atoms with Gasteiger partial charge in [0.05, 0.1) is 11.3 Å². The summed E-state index contributed by atoms with van der Waals surface area (Å²) in [7, 11) is 0. The number of aliphatic carboxylic acids is 1. The molecule has 0 heterocycles. The lowest BCUT2D eigenvalue weighted by Gasteiger charge is -2.16. The zero-order valence-corrected chi connectivity index (χ0v) is 14.6. The molecule has 25 heavy (non-hydrogen) atoms. The molecule has 0 fully saturated rings. The largest absolute Gasteiger partial charge is 0.480 e. The number of para-hydroxylation sites is 1. The first-order valence-corrected chi connectivity index (χ1v) is 8.47. The van der Waals surface area contributed by atoms with E-state index in [9.17, 15) is 19.5 Å². The number of hydrogen-bond acceptors (Lipinski definition) is 3. The molecule has 0 saturated heterocycles. The lowest BCUT2D eigenvalue weighted by molar-refractivity contribution is -0.139. The molecule has 0 spiro atoms. The lowest BCUT2D eigenvalue weighted by atomic mass is 10.1. The van der Waals surface area contributed by atoms with Crippen molar-refractivity contribution in [2.75, 3.05) is 5.32 Å². The zero-order valence-electron chi connectivity index (χ0n) is 14.6. The van der Waals surface area contributed by atoms with E-state index in [1.165, 1.54) is 6.92 Å². The minimum absolute atomic E-state index is 0.245. The van der Waals surface area contributed by atoms with Crippen molar-refractivity contribution in [2.45, 2.75) is 51.5 Å². The first-order chi connectivity index (χ1) is 12.0. The van der Waals surface area contributed by atoms with E-state index in [2.05, 4.69) is 17.2 Å². The molecular formula is C19H26N2O4. The summed E-state index contributed by atoms with van der Waals surface area (Å²) in [5.41, 5.74) is 0.607. The molecule has 6 nitrogen and oxygen atoms in total. The van der Waals surface area contributed by atoms with Gasteiger partial charge in [-0.1, -0.05) is 37.5 Å². The Morgan fingerprint density at radius 2 is 1.84 bits per heavy atom. The Balaban J connectivity index is 2.63. The third-order valence-electron chi connectivity index (χ3n) is 3.74. The summed E-state index contributed by atoms with van der Waals surface area (Å²) in [6, 6.07) is 5.56. The summed E-state index contributed by atoms with van der Waals surface area (Å²) in [4.78, 5) is 35.0. The van der Waals surface area contributed by atoms with Crippen LogP contribution in [-0.2, 0) is 9.59 Å². The van der Waals surface area contributed by atoms with Gasteiger partial charge in [-0.3, -0.25) is 9.59 Å². The van der Waals surface area contributed by atoms with E-state index in [4.69, 9.17) is 0 Å². The number of rotatable bonds is 11. The Morgan fingerprint density at radius 1 is 1.16 bits per heavy atom. The van der Waals surface area contributed by atoms with E-state index in [1.807, 2.05) is 6.08 Å².